The predicted molar refractivity (Wildman–Crippen MR) is 53.1 cm³/mol. The summed E-state index contributed by atoms with van der Waals surface area (Å²) in [5.41, 5.74) is 0.0781. The van der Waals surface area contributed by atoms with Crippen LogP contribution in [0.1, 0.15) is 19.4 Å². The molecule has 92 valence electrons. The molecule has 0 saturated heterocycles. The summed E-state index contributed by atoms with van der Waals surface area (Å²) in [5, 5.41) is 0. The molecule has 0 amide bonds. The Labute approximate surface area is 96.1 Å². The molecule has 0 spiro atoms. The number of rotatable bonds is 3. The Morgan fingerprint density at radius 3 is 2.24 bits per heavy atom. The van der Waals surface area contributed by atoms with Crippen LogP contribution in [0.2, 0.25) is 0 Å². The van der Waals surface area contributed by atoms with Crippen molar-refractivity contribution < 1.29 is 27.8 Å². The fraction of sp³-hybridized carbons (Fsp3) is 0.273. The summed E-state index contributed by atoms with van der Waals surface area (Å²) in [4.78, 5) is 21.4. The van der Waals surface area contributed by atoms with Crippen molar-refractivity contribution in [1.29, 1.82) is 0 Å². The van der Waals surface area contributed by atoms with Gasteiger partial charge in [0.15, 0.2) is 11.6 Å². The van der Waals surface area contributed by atoms with E-state index in [0.29, 0.717) is 0 Å². The van der Waals surface area contributed by atoms with E-state index in [4.69, 9.17) is 0 Å². The molecule has 1 aromatic rings. The van der Waals surface area contributed by atoms with E-state index >= 15 is 0 Å². The second-order valence-electron chi connectivity index (χ2n) is 3.25. The molecule has 0 aliphatic heterocycles. The molecule has 0 bridgehead atoms. The highest BCUT2D eigenvalue weighted by Gasteiger charge is 2.13. The molecule has 0 fully saturated rings. The maximum absolute atomic E-state index is 13.0. The number of hydrogen-bond acceptors (Lipinski definition) is 4. The summed E-state index contributed by atoms with van der Waals surface area (Å²) in [6, 6.07) is 1.55. The van der Waals surface area contributed by atoms with Crippen molar-refractivity contribution in [3.8, 4) is 5.75 Å². The highest BCUT2D eigenvalue weighted by Crippen LogP contribution is 2.23. The van der Waals surface area contributed by atoms with Gasteiger partial charge in [-0.05, 0) is 6.07 Å². The Kier molecular flexibility index (Phi) is 4.14. The third-order valence-corrected chi connectivity index (χ3v) is 1.79. The molecule has 0 aromatic heterocycles. The monoisotopic (exact) mass is 244 g/mol. The van der Waals surface area contributed by atoms with Crippen LogP contribution in [-0.2, 0) is 20.9 Å². The molecule has 0 N–H and O–H groups in total. The lowest BCUT2D eigenvalue weighted by molar-refractivity contribution is -0.142. The Hall–Kier alpha value is -1.98. The molecule has 0 unspecified atom stereocenters. The van der Waals surface area contributed by atoms with Gasteiger partial charge in [-0.2, -0.15) is 0 Å². The smallest absolute Gasteiger partial charge is 0.308 e. The first-order valence-corrected chi connectivity index (χ1v) is 4.70. The van der Waals surface area contributed by atoms with E-state index in [-0.39, 0.29) is 17.9 Å². The number of ether oxygens (including phenoxy) is 2. The molecule has 17 heavy (non-hydrogen) atoms. The molecular formula is C11H10F2O4. The van der Waals surface area contributed by atoms with Gasteiger partial charge in [0.1, 0.15) is 12.4 Å². The van der Waals surface area contributed by atoms with Crippen molar-refractivity contribution in [3.63, 3.8) is 0 Å². The van der Waals surface area contributed by atoms with Crippen LogP contribution in [-0.4, -0.2) is 11.9 Å². The second kappa shape index (κ2) is 5.38. The molecule has 0 heterocycles. The van der Waals surface area contributed by atoms with E-state index in [1.165, 1.54) is 6.92 Å². The van der Waals surface area contributed by atoms with Gasteiger partial charge < -0.3 is 9.47 Å². The molecule has 0 atom stereocenters. The van der Waals surface area contributed by atoms with Gasteiger partial charge in [0, 0.05) is 25.5 Å². The van der Waals surface area contributed by atoms with Gasteiger partial charge in [0.25, 0.3) is 0 Å². The highest BCUT2D eigenvalue weighted by atomic mass is 19.2. The van der Waals surface area contributed by atoms with Gasteiger partial charge in [0.2, 0.25) is 0 Å². The summed E-state index contributed by atoms with van der Waals surface area (Å²) in [7, 11) is 0. The minimum absolute atomic E-state index is 0.0781. The van der Waals surface area contributed by atoms with Crippen LogP contribution >= 0.6 is 0 Å². The van der Waals surface area contributed by atoms with Crippen LogP contribution in [0, 0.1) is 11.6 Å². The summed E-state index contributed by atoms with van der Waals surface area (Å²) in [5.74, 6) is -3.68. The zero-order valence-electron chi connectivity index (χ0n) is 9.25. The van der Waals surface area contributed by atoms with Gasteiger partial charge in [-0.15, -0.1) is 0 Å². The van der Waals surface area contributed by atoms with E-state index in [1.807, 2.05) is 0 Å². The third-order valence-electron chi connectivity index (χ3n) is 1.79. The average Bonchev–Trinajstić information content (AvgIpc) is 2.20. The van der Waals surface area contributed by atoms with Crippen LogP contribution < -0.4 is 4.74 Å². The summed E-state index contributed by atoms with van der Waals surface area (Å²) >= 11 is 0. The number of halogens is 2. The molecular weight excluding hydrogens is 234 g/mol. The van der Waals surface area contributed by atoms with E-state index < -0.39 is 23.6 Å². The van der Waals surface area contributed by atoms with Crippen molar-refractivity contribution in [2.45, 2.75) is 20.5 Å². The van der Waals surface area contributed by atoms with E-state index in [1.54, 1.807) is 0 Å². The average molecular weight is 244 g/mol. The van der Waals surface area contributed by atoms with E-state index in [9.17, 15) is 18.4 Å². The maximum atomic E-state index is 13.0. The van der Waals surface area contributed by atoms with Crippen molar-refractivity contribution >= 4 is 11.9 Å². The van der Waals surface area contributed by atoms with E-state index in [2.05, 4.69) is 9.47 Å². The van der Waals surface area contributed by atoms with Gasteiger partial charge >= 0.3 is 11.9 Å². The van der Waals surface area contributed by atoms with Crippen LogP contribution in [0.5, 0.6) is 5.75 Å². The Morgan fingerprint density at radius 1 is 1.12 bits per heavy atom. The molecule has 6 heteroatoms. The Bertz CT molecular complexity index is 457. The minimum atomic E-state index is -1.15. The fourth-order valence-electron chi connectivity index (χ4n) is 1.11. The van der Waals surface area contributed by atoms with Crippen molar-refractivity contribution in [1.82, 2.24) is 0 Å². The first kappa shape index (κ1) is 13.1. The quantitative estimate of drug-likeness (QED) is 0.602. The maximum Gasteiger partial charge on any atom is 0.308 e. The number of carbonyl (C=O) groups excluding carboxylic acids is 2. The molecule has 0 radical (unpaired) electrons. The lowest BCUT2D eigenvalue weighted by Crippen LogP contribution is -2.07. The molecule has 4 nitrogen and oxygen atoms in total. The molecule has 1 rings (SSSR count). The molecule has 0 aliphatic carbocycles. The SMILES string of the molecule is CC(=O)OCc1cc(F)c(F)cc1OC(C)=O. The standard InChI is InChI=1S/C11H10F2O4/c1-6(14)16-5-8-3-9(12)10(13)4-11(8)17-7(2)15/h3-4H,5H2,1-2H3. The van der Waals surface area contributed by atoms with Gasteiger partial charge in [-0.1, -0.05) is 0 Å². The molecule has 0 aliphatic rings. The lowest BCUT2D eigenvalue weighted by Gasteiger charge is -2.09. The summed E-state index contributed by atoms with van der Waals surface area (Å²) in [6.45, 7) is 2.00. The summed E-state index contributed by atoms with van der Waals surface area (Å²) in [6.07, 6.45) is 0. The predicted octanol–water partition coefficient (Wildman–Crippen LogP) is 1.95. The topological polar surface area (TPSA) is 52.6 Å². The number of esters is 2. The summed E-state index contributed by atoms with van der Waals surface area (Å²) < 4.78 is 35.2. The number of benzene rings is 1. The first-order valence-electron chi connectivity index (χ1n) is 4.70. The number of hydrogen-bond donors (Lipinski definition) is 0. The van der Waals surface area contributed by atoms with Gasteiger partial charge in [-0.3, -0.25) is 9.59 Å². The fourth-order valence-corrected chi connectivity index (χ4v) is 1.11. The minimum Gasteiger partial charge on any atom is -0.461 e. The van der Waals surface area contributed by atoms with Crippen molar-refractivity contribution in [2.24, 2.45) is 0 Å². The van der Waals surface area contributed by atoms with E-state index in [0.717, 1.165) is 19.1 Å². The lowest BCUT2D eigenvalue weighted by atomic mass is 10.2. The first-order chi connectivity index (χ1) is 7.90. The van der Waals surface area contributed by atoms with Gasteiger partial charge in [0.05, 0.1) is 0 Å². The highest BCUT2D eigenvalue weighted by molar-refractivity contribution is 5.70. The molecule has 1 aromatic carbocycles. The number of carbonyl (C=O) groups is 2. The zero-order chi connectivity index (χ0) is 13.0. The zero-order valence-corrected chi connectivity index (χ0v) is 9.25. The molecule has 0 saturated carbocycles. The van der Waals surface area contributed by atoms with Crippen LogP contribution in [0.4, 0.5) is 8.78 Å². The van der Waals surface area contributed by atoms with Crippen molar-refractivity contribution in [2.75, 3.05) is 0 Å². The van der Waals surface area contributed by atoms with Crippen molar-refractivity contribution in [3.05, 3.63) is 29.3 Å². The van der Waals surface area contributed by atoms with Gasteiger partial charge in [-0.25, -0.2) is 8.78 Å². The Morgan fingerprint density at radius 2 is 1.71 bits per heavy atom. The van der Waals surface area contributed by atoms with Crippen LogP contribution in [0.3, 0.4) is 0 Å². The third kappa shape index (κ3) is 3.82. The normalized spacial score (nSPS) is 9.88. The largest absolute Gasteiger partial charge is 0.461 e. The second-order valence-corrected chi connectivity index (χ2v) is 3.25. The van der Waals surface area contributed by atoms with Crippen LogP contribution in [0.15, 0.2) is 12.1 Å². The van der Waals surface area contributed by atoms with Crippen LogP contribution in [0.25, 0.3) is 0 Å². The Balaban J connectivity index is 3.02.